The molecule has 1 fully saturated rings. The first-order valence-corrected chi connectivity index (χ1v) is 12.0. The maximum atomic E-state index is 13.2. The van der Waals surface area contributed by atoms with E-state index in [4.69, 9.17) is 4.74 Å². The highest BCUT2D eigenvalue weighted by molar-refractivity contribution is 7.15. The lowest BCUT2D eigenvalue weighted by molar-refractivity contribution is 0.122. The van der Waals surface area contributed by atoms with E-state index in [-0.39, 0.29) is 5.56 Å². The van der Waals surface area contributed by atoms with Crippen molar-refractivity contribution < 1.29 is 4.74 Å². The Morgan fingerprint density at radius 2 is 1.73 bits per heavy atom. The van der Waals surface area contributed by atoms with Crippen LogP contribution in [0.1, 0.15) is 17.0 Å². The molecule has 5 aromatic rings. The van der Waals surface area contributed by atoms with Crippen LogP contribution in [0.4, 0.5) is 5.69 Å². The quantitative estimate of drug-likeness (QED) is 0.415. The molecule has 0 radical (unpaired) electrons. The van der Waals surface area contributed by atoms with Gasteiger partial charge in [0.15, 0.2) is 4.96 Å². The molecule has 0 amide bonds. The van der Waals surface area contributed by atoms with E-state index in [1.807, 2.05) is 30.3 Å². The van der Waals surface area contributed by atoms with Gasteiger partial charge in [0, 0.05) is 35.9 Å². The number of para-hydroxylation sites is 2. The zero-order valence-corrected chi connectivity index (χ0v) is 19.4. The molecule has 6 nitrogen and oxygen atoms in total. The molecule has 0 atom stereocenters. The van der Waals surface area contributed by atoms with Crippen LogP contribution in [0, 0.1) is 13.8 Å². The largest absolute Gasteiger partial charge is 0.378 e. The standard InChI is InChI=1S/C26H24N4O2S/c1-17-15-19(16-24-25(31)30-23-6-4-3-5-22(23)27-26(30)33-24)18(2)29(17)21-9-7-20(8-10-21)28-11-13-32-14-12-28/h3-10,15-16H,11-14H2,1-2H3/b24-16-. The van der Waals surface area contributed by atoms with E-state index in [1.165, 1.54) is 17.0 Å². The number of thiazole rings is 1. The van der Waals surface area contributed by atoms with Gasteiger partial charge in [-0.3, -0.25) is 4.79 Å². The van der Waals surface area contributed by atoms with Gasteiger partial charge in [-0.2, -0.15) is 0 Å². The number of hydrogen-bond acceptors (Lipinski definition) is 5. The minimum absolute atomic E-state index is 0.0108. The first-order chi connectivity index (χ1) is 16.1. The van der Waals surface area contributed by atoms with Crippen molar-refractivity contribution in [2.45, 2.75) is 13.8 Å². The molecule has 166 valence electrons. The van der Waals surface area contributed by atoms with E-state index in [9.17, 15) is 4.79 Å². The number of aryl methyl sites for hydroxylation is 1. The molecule has 0 aliphatic carbocycles. The Bertz CT molecular complexity index is 1590. The molecule has 4 heterocycles. The molecule has 6 rings (SSSR count). The molecule has 33 heavy (non-hydrogen) atoms. The van der Waals surface area contributed by atoms with Crippen LogP contribution >= 0.6 is 11.3 Å². The summed E-state index contributed by atoms with van der Waals surface area (Å²) in [6, 6.07) is 18.6. The maximum Gasteiger partial charge on any atom is 0.274 e. The number of morpholine rings is 1. The number of benzene rings is 2. The Kier molecular flexibility index (Phi) is 4.81. The van der Waals surface area contributed by atoms with Crippen molar-refractivity contribution in [2.24, 2.45) is 0 Å². The molecule has 0 saturated carbocycles. The third kappa shape index (κ3) is 3.35. The fourth-order valence-electron chi connectivity index (χ4n) is 4.72. The number of hydrogen-bond donors (Lipinski definition) is 0. The van der Waals surface area contributed by atoms with Gasteiger partial charge in [0.05, 0.1) is 28.8 Å². The summed E-state index contributed by atoms with van der Waals surface area (Å²) in [4.78, 5) is 20.9. The van der Waals surface area contributed by atoms with Gasteiger partial charge in [-0.25, -0.2) is 9.38 Å². The van der Waals surface area contributed by atoms with E-state index in [1.54, 1.807) is 4.40 Å². The number of aromatic nitrogens is 3. The molecule has 3 aromatic heterocycles. The van der Waals surface area contributed by atoms with Crippen molar-refractivity contribution in [1.29, 1.82) is 0 Å². The van der Waals surface area contributed by atoms with E-state index < -0.39 is 0 Å². The summed E-state index contributed by atoms with van der Waals surface area (Å²) in [5.74, 6) is 0. The van der Waals surface area contributed by atoms with E-state index in [0.717, 1.165) is 64.9 Å². The first kappa shape index (κ1) is 20.2. The Hall–Kier alpha value is -3.42. The zero-order valence-electron chi connectivity index (χ0n) is 18.6. The van der Waals surface area contributed by atoms with Crippen LogP contribution in [0.25, 0.3) is 27.8 Å². The Labute approximate surface area is 195 Å². The molecule has 0 bridgehead atoms. The second-order valence-corrected chi connectivity index (χ2v) is 9.42. The summed E-state index contributed by atoms with van der Waals surface area (Å²) in [5, 5.41) is 0. The number of ether oxygens (including phenoxy) is 1. The highest BCUT2D eigenvalue weighted by atomic mass is 32.1. The Morgan fingerprint density at radius 1 is 1.00 bits per heavy atom. The Morgan fingerprint density at radius 3 is 2.52 bits per heavy atom. The summed E-state index contributed by atoms with van der Waals surface area (Å²) < 4.78 is 10.1. The average molecular weight is 457 g/mol. The monoisotopic (exact) mass is 456 g/mol. The van der Waals surface area contributed by atoms with Crippen molar-refractivity contribution in [2.75, 3.05) is 31.2 Å². The van der Waals surface area contributed by atoms with Crippen LogP contribution in [0.2, 0.25) is 0 Å². The van der Waals surface area contributed by atoms with Crippen molar-refractivity contribution >= 4 is 39.1 Å². The molecule has 2 aromatic carbocycles. The molecule has 1 aliphatic heterocycles. The summed E-state index contributed by atoms with van der Waals surface area (Å²) in [7, 11) is 0. The van der Waals surface area contributed by atoms with E-state index >= 15 is 0 Å². The third-order valence-electron chi connectivity index (χ3n) is 6.39. The normalized spacial score (nSPS) is 15.2. The molecule has 1 aliphatic rings. The van der Waals surface area contributed by atoms with Gasteiger partial charge in [0.1, 0.15) is 0 Å². The fraction of sp³-hybridized carbons (Fsp3) is 0.231. The highest BCUT2D eigenvalue weighted by Gasteiger charge is 2.15. The van der Waals surface area contributed by atoms with E-state index in [2.05, 4.69) is 58.6 Å². The number of imidazole rings is 1. The minimum atomic E-state index is -0.0108. The zero-order chi connectivity index (χ0) is 22.5. The van der Waals surface area contributed by atoms with Gasteiger partial charge in [-0.1, -0.05) is 23.5 Å². The molecule has 0 N–H and O–H groups in total. The van der Waals surface area contributed by atoms with Crippen LogP contribution in [-0.2, 0) is 4.74 Å². The predicted octanol–water partition coefficient (Wildman–Crippen LogP) is 3.70. The lowest BCUT2D eigenvalue weighted by Gasteiger charge is -2.29. The second kappa shape index (κ2) is 7.86. The second-order valence-electron chi connectivity index (χ2n) is 8.41. The minimum Gasteiger partial charge on any atom is -0.378 e. The number of rotatable bonds is 3. The number of anilines is 1. The summed E-state index contributed by atoms with van der Waals surface area (Å²) in [6.45, 7) is 7.62. The van der Waals surface area contributed by atoms with Gasteiger partial charge in [0.2, 0.25) is 0 Å². The highest BCUT2D eigenvalue weighted by Crippen LogP contribution is 2.24. The van der Waals surface area contributed by atoms with Crippen LogP contribution in [0.5, 0.6) is 0 Å². The van der Waals surface area contributed by atoms with Crippen LogP contribution in [-0.4, -0.2) is 40.3 Å². The summed E-state index contributed by atoms with van der Waals surface area (Å²) in [5.41, 5.74) is 7.35. The van der Waals surface area contributed by atoms with Gasteiger partial charge in [0.25, 0.3) is 5.56 Å². The number of fused-ring (bicyclic) bond motifs is 3. The van der Waals surface area contributed by atoms with Crippen molar-refractivity contribution in [3.05, 3.63) is 86.4 Å². The lowest BCUT2D eigenvalue weighted by Crippen LogP contribution is -2.36. The molecule has 1 saturated heterocycles. The molecule has 7 heteroatoms. The third-order valence-corrected chi connectivity index (χ3v) is 7.35. The molecular weight excluding hydrogens is 432 g/mol. The maximum absolute atomic E-state index is 13.2. The summed E-state index contributed by atoms with van der Waals surface area (Å²) in [6.07, 6.45) is 2.00. The SMILES string of the molecule is Cc1cc(/C=c2\sc3nc4ccccc4n3c2=O)c(C)n1-c1ccc(N2CCOCC2)cc1. The van der Waals surface area contributed by atoms with Crippen molar-refractivity contribution in [1.82, 2.24) is 14.0 Å². The fourth-order valence-corrected chi connectivity index (χ4v) is 5.70. The van der Waals surface area contributed by atoms with Crippen molar-refractivity contribution in [3.8, 4) is 5.69 Å². The van der Waals surface area contributed by atoms with E-state index in [0.29, 0.717) is 4.53 Å². The van der Waals surface area contributed by atoms with Crippen LogP contribution in [0.3, 0.4) is 0 Å². The smallest absolute Gasteiger partial charge is 0.274 e. The van der Waals surface area contributed by atoms with Gasteiger partial charge in [-0.05, 0) is 68.0 Å². The molecule has 0 spiro atoms. The number of nitrogens with zero attached hydrogens (tertiary/aromatic N) is 4. The van der Waals surface area contributed by atoms with Crippen LogP contribution in [0.15, 0.2) is 59.4 Å². The first-order valence-electron chi connectivity index (χ1n) is 11.1. The van der Waals surface area contributed by atoms with Gasteiger partial charge < -0.3 is 14.2 Å². The predicted molar refractivity (Wildman–Crippen MR) is 134 cm³/mol. The van der Waals surface area contributed by atoms with Gasteiger partial charge in [-0.15, -0.1) is 0 Å². The van der Waals surface area contributed by atoms with Crippen LogP contribution < -0.4 is 15.0 Å². The average Bonchev–Trinajstić information content (AvgIpc) is 3.45. The molecular formula is C26H24N4O2S. The topological polar surface area (TPSA) is 51.8 Å². The Balaban J connectivity index is 1.39. The van der Waals surface area contributed by atoms with Crippen molar-refractivity contribution in [3.63, 3.8) is 0 Å². The lowest BCUT2D eigenvalue weighted by atomic mass is 10.2. The van der Waals surface area contributed by atoms with Gasteiger partial charge >= 0.3 is 0 Å². The summed E-state index contributed by atoms with van der Waals surface area (Å²) >= 11 is 1.44. The molecule has 0 unspecified atom stereocenters.